The summed E-state index contributed by atoms with van der Waals surface area (Å²) in [7, 11) is 0. The number of carbonyl (C=O) groups excluding carboxylic acids is 2. The third-order valence-electron chi connectivity index (χ3n) is 9.30. The first-order valence-electron chi connectivity index (χ1n) is 11.1. The third kappa shape index (κ3) is 2.83. The lowest BCUT2D eigenvalue weighted by Gasteiger charge is -2.60. The molecule has 4 fully saturated rings. The van der Waals surface area contributed by atoms with Crippen molar-refractivity contribution in [2.75, 3.05) is 0 Å². The second-order valence-corrected chi connectivity index (χ2v) is 10.6. The van der Waals surface area contributed by atoms with Gasteiger partial charge in [-0.15, -0.1) is 0 Å². The molecule has 1 N–H and O–H groups in total. The van der Waals surface area contributed by atoms with Gasteiger partial charge in [-0.3, -0.25) is 9.59 Å². The van der Waals surface area contributed by atoms with Gasteiger partial charge in [-0.1, -0.05) is 19.0 Å². The van der Waals surface area contributed by atoms with E-state index in [0.717, 1.165) is 50.7 Å². The van der Waals surface area contributed by atoms with Crippen molar-refractivity contribution in [2.45, 2.75) is 85.2 Å². The molecule has 0 spiro atoms. The van der Waals surface area contributed by atoms with Crippen molar-refractivity contribution in [3.8, 4) is 0 Å². The van der Waals surface area contributed by atoms with E-state index in [9.17, 15) is 14.8 Å². The molecule has 0 bridgehead atoms. The lowest BCUT2D eigenvalue weighted by molar-refractivity contribution is -0.168. The zero-order chi connectivity index (χ0) is 20.3. The van der Waals surface area contributed by atoms with E-state index in [1.165, 1.54) is 6.92 Å². The van der Waals surface area contributed by atoms with E-state index in [-0.39, 0.29) is 34.7 Å². The summed E-state index contributed by atoms with van der Waals surface area (Å²) in [5.74, 6) is 2.07. The predicted octanol–water partition coefficient (Wildman–Crippen LogP) is 4.61. The van der Waals surface area contributed by atoms with E-state index in [4.69, 9.17) is 4.74 Å². The van der Waals surface area contributed by atoms with Crippen molar-refractivity contribution in [1.82, 2.24) is 0 Å². The summed E-state index contributed by atoms with van der Waals surface area (Å²) in [5.41, 5.74) is 0.765. The van der Waals surface area contributed by atoms with Crippen LogP contribution in [-0.2, 0) is 14.3 Å². The Morgan fingerprint density at radius 2 is 1.86 bits per heavy atom. The smallest absolute Gasteiger partial charge is 0.302 e. The number of esters is 1. The Morgan fingerprint density at radius 3 is 2.54 bits per heavy atom. The Bertz CT molecular complexity index is 703. The molecule has 0 aromatic heterocycles. The van der Waals surface area contributed by atoms with Gasteiger partial charge in [0.05, 0.1) is 5.71 Å². The first-order valence-corrected chi connectivity index (χ1v) is 11.1. The molecular weight excluding hydrogens is 354 g/mol. The van der Waals surface area contributed by atoms with E-state index in [0.29, 0.717) is 30.0 Å². The molecule has 0 radical (unpaired) electrons. The van der Waals surface area contributed by atoms with Crippen LogP contribution in [0.4, 0.5) is 0 Å². The molecule has 4 aliphatic carbocycles. The molecule has 5 nitrogen and oxygen atoms in total. The van der Waals surface area contributed by atoms with Gasteiger partial charge in [0.1, 0.15) is 11.9 Å². The maximum absolute atomic E-state index is 13.6. The minimum absolute atomic E-state index is 0.0235. The fraction of sp³-hybridized carbons (Fsp3) is 0.870. The number of oxime groups is 1. The van der Waals surface area contributed by atoms with Crippen LogP contribution >= 0.6 is 0 Å². The van der Waals surface area contributed by atoms with E-state index >= 15 is 0 Å². The average Bonchev–Trinajstić information content (AvgIpc) is 2.97. The van der Waals surface area contributed by atoms with Crippen molar-refractivity contribution in [3.63, 3.8) is 0 Å². The van der Waals surface area contributed by atoms with E-state index in [2.05, 4.69) is 19.0 Å². The average molecular weight is 390 g/mol. The zero-order valence-corrected chi connectivity index (χ0v) is 17.7. The first kappa shape index (κ1) is 19.9. The molecule has 0 aromatic carbocycles. The molecule has 8 atom stereocenters. The van der Waals surface area contributed by atoms with Gasteiger partial charge in [0.25, 0.3) is 0 Å². The number of nitrogens with zero attached hydrogens (tertiary/aromatic N) is 1. The molecule has 0 unspecified atom stereocenters. The number of hydrogen-bond acceptors (Lipinski definition) is 5. The lowest BCUT2D eigenvalue weighted by atomic mass is 9.44. The van der Waals surface area contributed by atoms with Crippen LogP contribution in [0.15, 0.2) is 5.16 Å². The summed E-state index contributed by atoms with van der Waals surface area (Å²) in [6.07, 6.45) is 7.81. The van der Waals surface area contributed by atoms with Crippen LogP contribution in [0.25, 0.3) is 0 Å². The van der Waals surface area contributed by atoms with Crippen LogP contribution in [0.1, 0.15) is 79.1 Å². The Kier molecular flexibility index (Phi) is 4.86. The normalized spacial score (nSPS) is 48.4. The standard InChI is InChI=1S/C23H35NO4/c1-13(24-27)18-7-8-19-17-6-5-15-11-16(28-14(2)25)9-10-22(15,3)21(17)20(26)12-23(18,19)4/h15-19,21,27H,5-12H2,1-4H3/b24-13-/t15-,16-,17-,18-,19+,21+,22+,23-/m1/s1. The topological polar surface area (TPSA) is 76.0 Å². The van der Waals surface area contributed by atoms with Gasteiger partial charge in [0.2, 0.25) is 0 Å². The monoisotopic (exact) mass is 389 g/mol. The second-order valence-electron chi connectivity index (χ2n) is 10.6. The number of Topliss-reactive ketones (excluding diaryl/α,β-unsaturated/α-hetero) is 1. The fourth-order valence-corrected chi connectivity index (χ4v) is 8.13. The van der Waals surface area contributed by atoms with E-state index in [1.807, 2.05) is 6.92 Å². The van der Waals surface area contributed by atoms with Gasteiger partial charge >= 0.3 is 5.97 Å². The van der Waals surface area contributed by atoms with Crippen molar-refractivity contribution in [1.29, 1.82) is 0 Å². The second kappa shape index (κ2) is 6.84. The van der Waals surface area contributed by atoms with Crippen LogP contribution < -0.4 is 0 Å². The molecule has 4 rings (SSSR count). The Morgan fingerprint density at radius 1 is 1.11 bits per heavy atom. The molecule has 28 heavy (non-hydrogen) atoms. The molecule has 4 saturated carbocycles. The van der Waals surface area contributed by atoms with Crippen LogP contribution in [0, 0.1) is 40.4 Å². The lowest BCUT2D eigenvalue weighted by Crippen LogP contribution is -2.58. The molecule has 0 aromatic rings. The van der Waals surface area contributed by atoms with Crippen LogP contribution in [0.2, 0.25) is 0 Å². The maximum Gasteiger partial charge on any atom is 0.302 e. The number of rotatable bonds is 2. The van der Waals surface area contributed by atoms with Crippen LogP contribution in [0.3, 0.4) is 0 Å². The summed E-state index contributed by atoms with van der Waals surface area (Å²) in [4.78, 5) is 25.0. The Balaban J connectivity index is 1.60. The van der Waals surface area contributed by atoms with Crippen molar-refractivity contribution in [2.24, 2.45) is 45.6 Å². The van der Waals surface area contributed by atoms with E-state index in [1.54, 1.807) is 0 Å². The summed E-state index contributed by atoms with van der Waals surface area (Å²) in [6, 6.07) is 0. The summed E-state index contributed by atoms with van der Waals surface area (Å²) in [6.45, 7) is 8.00. The predicted molar refractivity (Wildman–Crippen MR) is 106 cm³/mol. The highest BCUT2D eigenvalue weighted by Gasteiger charge is 2.63. The van der Waals surface area contributed by atoms with Gasteiger partial charge in [-0.25, -0.2) is 0 Å². The van der Waals surface area contributed by atoms with Gasteiger partial charge in [-0.05, 0) is 80.5 Å². The number of hydrogen-bond donors (Lipinski definition) is 1. The van der Waals surface area contributed by atoms with E-state index < -0.39 is 0 Å². The zero-order valence-electron chi connectivity index (χ0n) is 17.7. The number of ketones is 1. The van der Waals surface area contributed by atoms with Gasteiger partial charge < -0.3 is 9.94 Å². The molecule has 0 heterocycles. The Hall–Kier alpha value is -1.39. The first-order chi connectivity index (χ1) is 13.2. The summed E-state index contributed by atoms with van der Waals surface area (Å²) >= 11 is 0. The summed E-state index contributed by atoms with van der Waals surface area (Å²) < 4.78 is 5.53. The Labute approximate surface area is 168 Å². The maximum atomic E-state index is 13.6. The highest BCUT2D eigenvalue weighted by molar-refractivity contribution is 5.89. The van der Waals surface area contributed by atoms with Crippen molar-refractivity contribution < 1.29 is 19.5 Å². The number of ether oxygens (including phenoxy) is 1. The minimum Gasteiger partial charge on any atom is -0.463 e. The highest BCUT2D eigenvalue weighted by atomic mass is 16.5. The third-order valence-corrected chi connectivity index (χ3v) is 9.30. The fourth-order valence-electron chi connectivity index (χ4n) is 8.13. The summed E-state index contributed by atoms with van der Waals surface area (Å²) in [5, 5.41) is 12.9. The molecular formula is C23H35NO4. The SMILES string of the molecule is CC(=O)O[C@@H]1CC[C@@]2(C)[C@H](CC[C@H]3[C@H]2C(=O)C[C@]2(C)[C@@H](/C(C)=N\O)CC[C@@H]32)C1. The number of fused-ring (bicyclic) bond motifs is 5. The van der Waals surface area contributed by atoms with Crippen LogP contribution in [-0.4, -0.2) is 28.8 Å². The molecule has 0 saturated heterocycles. The molecule has 5 heteroatoms. The van der Waals surface area contributed by atoms with Crippen LogP contribution in [0.5, 0.6) is 0 Å². The number of carbonyl (C=O) groups is 2. The van der Waals surface area contributed by atoms with Gasteiger partial charge in [-0.2, -0.15) is 0 Å². The molecule has 4 aliphatic rings. The molecule has 156 valence electrons. The van der Waals surface area contributed by atoms with Crippen molar-refractivity contribution in [3.05, 3.63) is 0 Å². The van der Waals surface area contributed by atoms with Crippen molar-refractivity contribution >= 4 is 17.5 Å². The van der Waals surface area contributed by atoms with Gasteiger partial charge in [0.15, 0.2) is 0 Å². The van der Waals surface area contributed by atoms with Gasteiger partial charge in [0, 0.05) is 25.2 Å². The molecule has 0 amide bonds. The minimum atomic E-state index is -0.190. The highest BCUT2D eigenvalue weighted by Crippen LogP contribution is 2.66. The quantitative estimate of drug-likeness (QED) is 0.324. The molecule has 0 aliphatic heterocycles. The largest absolute Gasteiger partial charge is 0.463 e.